The van der Waals surface area contributed by atoms with E-state index in [1.807, 2.05) is 24.3 Å². The fourth-order valence-electron chi connectivity index (χ4n) is 1.42. The van der Waals surface area contributed by atoms with E-state index in [0.29, 0.717) is 18.2 Å². The fraction of sp³-hybridized carbons (Fsp3) is 0.182. The predicted molar refractivity (Wildman–Crippen MR) is 65.7 cm³/mol. The minimum absolute atomic E-state index is 0.402. The number of aromatic nitrogens is 2. The summed E-state index contributed by atoms with van der Waals surface area (Å²) in [5.74, 6) is 0. The maximum atomic E-state index is 6.10. The summed E-state index contributed by atoms with van der Waals surface area (Å²) >= 11 is 11.9. The van der Waals surface area contributed by atoms with Crippen LogP contribution in [0.1, 0.15) is 11.1 Å². The van der Waals surface area contributed by atoms with Crippen LogP contribution in [0, 0.1) is 0 Å². The topological polar surface area (TPSA) is 43.8 Å². The molecule has 1 aromatic carbocycles. The van der Waals surface area contributed by atoms with Gasteiger partial charge in [0.15, 0.2) is 0 Å². The van der Waals surface area contributed by atoms with E-state index in [1.54, 1.807) is 10.9 Å². The number of hydrogen-bond acceptors (Lipinski definition) is 2. The van der Waals surface area contributed by atoms with Gasteiger partial charge in [0, 0.05) is 17.1 Å². The monoisotopic (exact) mass is 255 g/mol. The largest absolute Gasteiger partial charge is 0.326 e. The van der Waals surface area contributed by atoms with E-state index >= 15 is 0 Å². The van der Waals surface area contributed by atoms with E-state index in [9.17, 15) is 0 Å². The third-order valence-electron chi connectivity index (χ3n) is 2.31. The van der Waals surface area contributed by atoms with Crippen LogP contribution in [-0.4, -0.2) is 9.78 Å². The van der Waals surface area contributed by atoms with E-state index in [2.05, 4.69) is 5.10 Å². The van der Waals surface area contributed by atoms with Crippen LogP contribution in [0.5, 0.6) is 0 Å². The van der Waals surface area contributed by atoms with Crippen LogP contribution < -0.4 is 5.73 Å². The van der Waals surface area contributed by atoms with Crippen molar-refractivity contribution in [2.75, 3.05) is 0 Å². The van der Waals surface area contributed by atoms with Crippen LogP contribution in [0.4, 0.5) is 0 Å². The summed E-state index contributed by atoms with van der Waals surface area (Å²) in [5.41, 5.74) is 7.47. The SMILES string of the molecule is NCc1cnn(Cc2ccc(Cl)cc2)c1Cl. The third-order valence-corrected chi connectivity index (χ3v) is 3.00. The van der Waals surface area contributed by atoms with Gasteiger partial charge in [-0.25, -0.2) is 4.68 Å². The molecule has 2 aromatic rings. The molecule has 84 valence electrons. The lowest BCUT2D eigenvalue weighted by Gasteiger charge is -2.04. The zero-order valence-corrected chi connectivity index (χ0v) is 10.0. The van der Waals surface area contributed by atoms with Crippen LogP contribution in [-0.2, 0) is 13.1 Å². The van der Waals surface area contributed by atoms with E-state index in [1.165, 1.54) is 0 Å². The Morgan fingerprint density at radius 2 is 1.88 bits per heavy atom. The van der Waals surface area contributed by atoms with Gasteiger partial charge in [-0.2, -0.15) is 5.10 Å². The molecule has 0 aliphatic heterocycles. The summed E-state index contributed by atoms with van der Waals surface area (Å²) < 4.78 is 1.72. The quantitative estimate of drug-likeness (QED) is 0.917. The van der Waals surface area contributed by atoms with Gasteiger partial charge in [0.05, 0.1) is 12.7 Å². The highest BCUT2D eigenvalue weighted by Crippen LogP contribution is 2.17. The van der Waals surface area contributed by atoms with Gasteiger partial charge in [0.25, 0.3) is 0 Å². The minimum atomic E-state index is 0.402. The van der Waals surface area contributed by atoms with Crippen LogP contribution in [0.2, 0.25) is 10.2 Å². The molecule has 0 amide bonds. The first kappa shape index (κ1) is 11.5. The maximum Gasteiger partial charge on any atom is 0.131 e. The third kappa shape index (κ3) is 2.38. The Labute approximate surface area is 104 Å². The van der Waals surface area contributed by atoms with E-state index in [0.717, 1.165) is 16.1 Å². The molecule has 0 spiro atoms. The number of rotatable bonds is 3. The van der Waals surface area contributed by atoms with Crippen molar-refractivity contribution in [3.63, 3.8) is 0 Å². The highest BCUT2D eigenvalue weighted by molar-refractivity contribution is 6.30. The van der Waals surface area contributed by atoms with E-state index < -0.39 is 0 Å². The lowest BCUT2D eigenvalue weighted by atomic mass is 10.2. The van der Waals surface area contributed by atoms with Crippen molar-refractivity contribution in [1.29, 1.82) is 0 Å². The molecule has 0 unspecified atom stereocenters. The van der Waals surface area contributed by atoms with Gasteiger partial charge < -0.3 is 5.73 Å². The number of nitrogens with two attached hydrogens (primary N) is 1. The molecule has 3 nitrogen and oxygen atoms in total. The number of halogens is 2. The van der Waals surface area contributed by atoms with Gasteiger partial charge >= 0.3 is 0 Å². The Morgan fingerprint density at radius 1 is 1.19 bits per heavy atom. The molecule has 1 aromatic heterocycles. The lowest BCUT2D eigenvalue weighted by Crippen LogP contribution is -2.02. The second-order valence-corrected chi connectivity index (χ2v) is 4.24. The molecular weight excluding hydrogens is 245 g/mol. The molecule has 16 heavy (non-hydrogen) atoms. The molecule has 0 radical (unpaired) electrons. The first-order valence-corrected chi connectivity index (χ1v) is 5.61. The average molecular weight is 256 g/mol. The maximum absolute atomic E-state index is 6.10. The molecule has 2 N–H and O–H groups in total. The van der Waals surface area contributed by atoms with Crippen LogP contribution >= 0.6 is 23.2 Å². The fourth-order valence-corrected chi connectivity index (χ4v) is 1.77. The van der Waals surface area contributed by atoms with Gasteiger partial charge in [0.1, 0.15) is 5.15 Å². The zero-order valence-electron chi connectivity index (χ0n) is 8.53. The molecule has 0 saturated heterocycles. The average Bonchev–Trinajstić information content (AvgIpc) is 2.63. The molecule has 2 rings (SSSR count). The zero-order chi connectivity index (χ0) is 11.5. The van der Waals surface area contributed by atoms with E-state index in [4.69, 9.17) is 28.9 Å². The second-order valence-electron chi connectivity index (χ2n) is 3.45. The minimum Gasteiger partial charge on any atom is -0.326 e. The molecule has 0 saturated carbocycles. The second kappa shape index (κ2) is 4.87. The highest BCUT2D eigenvalue weighted by Gasteiger charge is 2.06. The van der Waals surface area contributed by atoms with Gasteiger partial charge in [-0.3, -0.25) is 0 Å². The Morgan fingerprint density at radius 3 is 2.44 bits per heavy atom. The summed E-state index contributed by atoms with van der Waals surface area (Å²) in [4.78, 5) is 0. The summed E-state index contributed by atoms with van der Waals surface area (Å²) in [6.07, 6.45) is 1.69. The van der Waals surface area contributed by atoms with E-state index in [-0.39, 0.29) is 0 Å². The summed E-state index contributed by atoms with van der Waals surface area (Å²) in [6.45, 7) is 1.02. The molecule has 0 aliphatic rings. The van der Waals surface area contributed by atoms with Crippen molar-refractivity contribution in [3.8, 4) is 0 Å². The van der Waals surface area contributed by atoms with Crippen molar-refractivity contribution >= 4 is 23.2 Å². The number of benzene rings is 1. The normalized spacial score (nSPS) is 10.7. The van der Waals surface area contributed by atoms with Gasteiger partial charge in [0.2, 0.25) is 0 Å². The van der Waals surface area contributed by atoms with Crippen LogP contribution in [0.3, 0.4) is 0 Å². The summed E-state index contributed by atoms with van der Waals surface area (Å²) in [5, 5.41) is 5.49. The van der Waals surface area contributed by atoms with Crippen LogP contribution in [0.25, 0.3) is 0 Å². The van der Waals surface area contributed by atoms with Gasteiger partial charge in [-0.05, 0) is 17.7 Å². The van der Waals surface area contributed by atoms with Crippen LogP contribution in [0.15, 0.2) is 30.5 Å². The Bertz CT molecular complexity index is 476. The molecular formula is C11H11Cl2N3. The molecule has 0 atom stereocenters. The summed E-state index contributed by atoms with van der Waals surface area (Å²) in [7, 11) is 0. The Balaban J connectivity index is 2.20. The molecule has 1 heterocycles. The van der Waals surface area contributed by atoms with Crippen molar-refractivity contribution in [3.05, 3.63) is 51.8 Å². The highest BCUT2D eigenvalue weighted by atomic mass is 35.5. The van der Waals surface area contributed by atoms with Gasteiger partial charge in [-0.1, -0.05) is 35.3 Å². The predicted octanol–water partition coefficient (Wildman–Crippen LogP) is 2.70. The number of nitrogens with zero attached hydrogens (tertiary/aromatic N) is 2. The molecule has 0 fully saturated rings. The Kier molecular flexibility index (Phi) is 3.49. The smallest absolute Gasteiger partial charge is 0.131 e. The van der Waals surface area contributed by atoms with Gasteiger partial charge in [-0.15, -0.1) is 0 Å². The molecule has 0 aliphatic carbocycles. The first-order chi connectivity index (χ1) is 7.70. The van der Waals surface area contributed by atoms with Crippen molar-refractivity contribution in [1.82, 2.24) is 9.78 Å². The standard InChI is InChI=1S/C11H11Cl2N3/c12-10-3-1-8(2-4-10)7-16-11(13)9(5-14)6-15-16/h1-4,6H,5,7,14H2. The first-order valence-electron chi connectivity index (χ1n) is 4.85. The van der Waals surface area contributed by atoms with Crippen molar-refractivity contribution in [2.45, 2.75) is 13.1 Å². The van der Waals surface area contributed by atoms with Crippen molar-refractivity contribution in [2.24, 2.45) is 5.73 Å². The lowest BCUT2D eigenvalue weighted by molar-refractivity contribution is 0.687. The number of hydrogen-bond donors (Lipinski definition) is 1. The molecule has 5 heteroatoms. The molecule has 0 bridgehead atoms. The Hall–Kier alpha value is -1.03. The summed E-state index contributed by atoms with van der Waals surface area (Å²) in [6, 6.07) is 7.58. The van der Waals surface area contributed by atoms with Crippen molar-refractivity contribution < 1.29 is 0 Å².